The van der Waals surface area contributed by atoms with Crippen molar-refractivity contribution < 1.29 is 19.4 Å². The van der Waals surface area contributed by atoms with Crippen molar-refractivity contribution in [1.29, 1.82) is 0 Å². The van der Waals surface area contributed by atoms with E-state index in [2.05, 4.69) is 5.32 Å². The number of carbonyl (C=O) groups excluding carboxylic acids is 1. The van der Waals surface area contributed by atoms with Crippen LogP contribution in [0.3, 0.4) is 0 Å². The fourth-order valence-electron chi connectivity index (χ4n) is 2.24. The van der Waals surface area contributed by atoms with Crippen LogP contribution in [0.15, 0.2) is 48.5 Å². The molecule has 0 aliphatic carbocycles. The molecule has 2 aromatic rings. The first-order chi connectivity index (χ1) is 12.0. The minimum Gasteiger partial charge on any atom is -0.484 e. The summed E-state index contributed by atoms with van der Waals surface area (Å²) in [6, 6.07) is 14.6. The van der Waals surface area contributed by atoms with Crippen molar-refractivity contribution in [1.82, 2.24) is 5.32 Å². The second-order valence-corrected chi connectivity index (χ2v) is 5.99. The highest BCUT2D eigenvalue weighted by Crippen LogP contribution is 2.13. The lowest BCUT2D eigenvalue weighted by atomic mass is 10.1. The minimum absolute atomic E-state index is 0.0655. The molecule has 0 aromatic heterocycles. The third-order valence-corrected chi connectivity index (χ3v) is 3.78. The van der Waals surface area contributed by atoms with E-state index in [-0.39, 0.29) is 18.9 Å². The van der Waals surface area contributed by atoms with Gasteiger partial charge in [0, 0.05) is 18.0 Å². The predicted octanol–water partition coefficient (Wildman–Crippen LogP) is 3.09. The Labute approximate surface area is 151 Å². The van der Waals surface area contributed by atoms with E-state index in [0.29, 0.717) is 30.2 Å². The molecule has 0 radical (unpaired) electrons. The number of nitrogens with one attached hydrogen (secondary N) is 1. The summed E-state index contributed by atoms with van der Waals surface area (Å²) in [5, 5.41) is 12.1. The van der Waals surface area contributed by atoms with Crippen molar-refractivity contribution in [2.45, 2.75) is 19.3 Å². The van der Waals surface area contributed by atoms with Crippen LogP contribution in [0, 0.1) is 0 Å². The number of halogens is 1. The summed E-state index contributed by atoms with van der Waals surface area (Å²) in [6.07, 6.45) is 1.26. The van der Waals surface area contributed by atoms with Crippen molar-refractivity contribution in [3.8, 4) is 5.75 Å². The van der Waals surface area contributed by atoms with Crippen LogP contribution in [0.2, 0.25) is 5.02 Å². The van der Waals surface area contributed by atoms with Gasteiger partial charge < -0.3 is 15.2 Å². The van der Waals surface area contributed by atoms with Crippen LogP contribution in [0.4, 0.5) is 0 Å². The third kappa shape index (κ3) is 7.27. The monoisotopic (exact) mass is 361 g/mol. The van der Waals surface area contributed by atoms with Crippen molar-refractivity contribution in [2.24, 2.45) is 0 Å². The zero-order valence-corrected chi connectivity index (χ0v) is 14.5. The zero-order valence-electron chi connectivity index (χ0n) is 13.7. The first-order valence-corrected chi connectivity index (χ1v) is 8.35. The number of amides is 1. The molecule has 2 aromatic carbocycles. The van der Waals surface area contributed by atoms with Crippen LogP contribution in [-0.2, 0) is 22.4 Å². The average molecular weight is 362 g/mol. The quantitative estimate of drug-likeness (QED) is 0.719. The van der Waals surface area contributed by atoms with E-state index in [9.17, 15) is 9.59 Å². The average Bonchev–Trinajstić information content (AvgIpc) is 2.59. The molecule has 0 spiro atoms. The Kier molecular flexibility index (Phi) is 7.29. The first-order valence-electron chi connectivity index (χ1n) is 7.97. The summed E-state index contributed by atoms with van der Waals surface area (Å²) >= 11 is 5.91. The molecule has 2 rings (SSSR count). The van der Waals surface area contributed by atoms with Crippen molar-refractivity contribution >= 4 is 23.5 Å². The molecule has 6 heteroatoms. The SMILES string of the molecule is O=C(O)CCc1ccc(OCC(=O)NCCc2cccc(Cl)c2)cc1. The third-order valence-electron chi connectivity index (χ3n) is 3.55. The van der Waals surface area contributed by atoms with Gasteiger partial charge >= 0.3 is 5.97 Å². The Morgan fingerprint density at radius 2 is 1.80 bits per heavy atom. The van der Waals surface area contributed by atoms with Crippen molar-refractivity contribution in [3.05, 3.63) is 64.7 Å². The van der Waals surface area contributed by atoms with Gasteiger partial charge in [-0.05, 0) is 48.2 Å². The minimum atomic E-state index is -0.824. The Balaban J connectivity index is 1.68. The van der Waals surface area contributed by atoms with Gasteiger partial charge in [-0.15, -0.1) is 0 Å². The van der Waals surface area contributed by atoms with E-state index in [4.69, 9.17) is 21.4 Å². The second kappa shape index (κ2) is 9.69. The zero-order chi connectivity index (χ0) is 18.1. The van der Waals surface area contributed by atoms with Gasteiger partial charge in [0.15, 0.2) is 6.61 Å². The van der Waals surface area contributed by atoms with E-state index >= 15 is 0 Å². The van der Waals surface area contributed by atoms with Gasteiger partial charge in [0.25, 0.3) is 5.91 Å². The van der Waals surface area contributed by atoms with Crippen LogP contribution < -0.4 is 10.1 Å². The van der Waals surface area contributed by atoms with Crippen LogP contribution in [0.5, 0.6) is 5.75 Å². The smallest absolute Gasteiger partial charge is 0.303 e. The summed E-state index contributed by atoms with van der Waals surface area (Å²) in [7, 11) is 0. The first kappa shape index (κ1) is 18.8. The summed E-state index contributed by atoms with van der Waals surface area (Å²) in [5.74, 6) is -0.448. The lowest BCUT2D eigenvalue weighted by Gasteiger charge is -2.08. The van der Waals surface area contributed by atoms with E-state index in [1.165, 1.54) is 0 Å². The number of hydrogen-bond acceptors (Lipinski definition) is 3. The highest BCUT2D eigenvalue weighted by molar-refractivity contribution is 6.30. The van der Waals surface area contributed by atoms with Gasteiger partial charge in [-0.2, -0.15) is 0 Å². The van der Waals surface area contributed by atoms with Gasteiger partial charge in [0.1, 0.15) is 5.75 Å². The molecule has 0 heterocycles. The van der Waals surface area contributed by atoms with Crippen LogP contribution in [0.1, 0.15) is 17.5 Å². The highest BCUT2D eigenvalue weighted by Gasteiger charge is 2.04. The lowest BCUT2D eigenvalue weighted by molar-refractivity contribution is -0.137. The predicted molar refractivity (Wildman–Crippen MR) is 96.1 cm³/mol. The molecule has 1 amide bonds. The van der Waals surface area contributed by atoms with Gasteiger partial charge in [0.2, 0.25) is 0 Å². The molecule has 132 valence electrons. The fraction of sp³-hybridized carbons (Fsp3) is 0.263. The van der Waals surface area contributed by atoms with E-state index in [0.717, 1.165) is 11.1 Å². The van der Waals surface area contributed by atoms with Crippen LogP contribution >= 0.6 is 11.6 Å². The summed E-state index contributed by atoms with van der Waals surface area (Å²) in [6.45, 7) is 0.445. The topological polar surface area (TPSA) is 75.6 Å². The maximum Gasteiger partial charge on any atom is 0.303 e. The van der Waals surface area contributed by atoms with Crippen molar-refractivity contribution in [3.63, 3.8) is 0 Å². The number of rotatable bonds is 9. The van der Waals surface area contributed by atoms with Gasteiger partial charge in [-0.1, -0.05) is 35.9 Å². The number of carbonyl (C=O) groups is 2. The molecule has 0 saturated carbocycles. The maximum absolute atomic E-state index is 11.8. The summed E-state index contributed by atoms with van der Waals surface area (Å²) in [5.41, 5.74) is 1.98. The van der Waals surface area contributed by atoms with Gasteiger partial charge in [-0.25, -0.2) is 0 Å². The largest absolute Gasteiger partial charge is 0.484 e. The van der Waals surface area contributed by atoms with Crippen LogP contribution in [-0.4, -0.2) is 30.1 Å². The number of aryl methyl sites for hydroxylation is 1. The van der Waals surface area contributed by atoms with E-state index in [1.807, 2.05) is 24.3 Å². The number of carboxylic acids is 1. The molecule has 25 heavy (non-hydrogen) atoms. The highest BCUT2D eigenvalue weighted by atomic mass is 35.5. The molecule has 0 aliphatic heterocycles. The Bertz CT molecular complexity index is 716. The Morgan fingerprint density at radius 1 is 1.04 bits per heavy atom. The number of ether oxygens (including phenoxy) is 1. The van der Waals surface area contributed by atoms with E-state index in [1.54, 1.807) is 24.3 Å². The molecule has 0 fully saturated rings. The molecule has 0 saturated heterocycles. The molecule has 5 nitrogen and oxygen atoms in total. The summed E-state index contributed by atoms with van der Waals surface area (Å²) < 4.78 is 5.42. The number of hydrogen-bond donors (Lipinski definition) is 2. The standard InChI is InChI=1S/C19H20ClNO4/c20-16-3-1-2-15(12-16)10-11-21-18(22)13-25-17-7-4-14(5-8-17)6-9-19(23)24/h1-5,7-8,12H,6,9-11,13H2,(H,21,22)(H,23,24). The molecule has 0 unspecified atom stereocenters. The normalized spacial score (nSPS) is 10.3. The number of carboxylic acid groups (broad SMARTS) is 1. The molecular formula is C19H20ClNO4. The van der Waals surface area contributed by atoms with Gasteiger partial charge in [0.05, 0.1) is 0 Å². The lowest BCUT2D eigenvalue weighted by Crippen LogP contribution is -2.30. The molecule has 0 atom stereocenters. The van der Waals surface area contributed by atoms with E-state index < -0.39 is 5.97 Å². The Morgan fingerprint density at radius 3 is 2.48 bits per heavy atom. The number of benzene rings is 2. The second-order valence-electron chi connectivity index (χ2n) is 5.56. The number of aliphatic carboxylic acids is 1. The van der Waals surface area contributed by atoms with Crippen molar-refractivity contribution in [2.75, 3.05) is 13.2 Å². The Hall–Kier alpha value is -2.53. The van der Waals surface area contributed by atoms with Gasteiger partial charge in [-0.3, -0.25) is 9.59 Å². The summed E-state index contributed by atoms with van der Waals surface area (Å²) in [4.78, 5) is 22.3. The molecule has 0 bridgehead atoms. The van der Waals surface area contributed by atoms with Crippen LogP contribution in [0.25, 0.3) is 0 Å². The molecule has 2 N–H and O–H groups in total. The fourth-order valence-corrected chi connectivity index (χ4v) is 2.46. The molecular weight excluding hydrogens is 342 g/mol. The maximum atomic E-state index is 11.8. The molecule has 0 aliphatic rings.